The molecule has 0 saturated carbocycles. The number of nitrogens with one attached hydrogen (secondary N) is 1. The van der Waals surface area contributed by atoms with Gasteiger partial charge >= 0.3 is 0 Å². The highest BCUT2D eigenvalue weighted by Gasteiger charge is 2.23. The summed E-state index contributed by atoms with van der Waals surface area (Å²) in [6.45, 7) is 7.04. The molecule has 1 N–H and O–H groups in total. The monoisotopic (exact) mass is 326 g/mol. The molecule has 2 aromatic heterocycles. The van der Waals surface area contributed by atoms with Crippen LogP contribution in [-0.2, 0) is 6.54 Å². The second-order valence-electron chi connectivity index (χ2n) is 6.80. The summed E-state index contributed by atoms with van der Waals surface area (Å²) in [4.78, 5) is 19.2. The minimum absolute atomic E-state index is 0.0296. The van der Waals surface area contributed by atoms with Crippen LogP contribution in [0.5, 0.6) is 0 Å². The van der Waals surface area contributed by atoms with Crippen molar-refractivity contribution < 1.29 is 4.79 Å². The molecule has 1 atom stereocenters. The van der Waals surface area contributed by atoms with Crippen LogP contribution in [0.25, 0.3) is 0 Å². The molecule has 1 aliphatic heterocycles. The summed E-state index contributed by atoms with van der Waals surface area (Å²) >= 11 is 0. The third-order valence-corrected chi connectivity index (χ3v) is 4.54. The maximum Gasteiger partial charge on any atom is 0.268 e. The molecule has 0 bridgehead atoms. The van der Waals surface area contributed by atoms with E-state index in [2.05, 4.69) is 35.1 Å². The highest BCUT2D eigenvalue weighted by atomic mass is 16.2. The minimum atomic E-state index is 0.0296. The van der Waals surface area contributed by atoms with Crippen molar-refractivity contribution in [2.45, 2.75) is 45.3 Å². The van der Waals surface area contributed by atoms with Gasteiger partial charge in [-0.15, -0.1) is 0 Å². The average Bonchev–Trinajstić information content (AvgIpc) is 3.06. The molecular formula is C19H26N4O. The van der Waals surface area contributed by atoms with Crippen LogP contribution >= 0.6 is 0 Å². The first kappa shape index (κ1) is 16.7. The first-order chi connectivity index (χ1) is 11.6. The van der Waals surface area contributed by atoms with E-state index in [4.69, 9.17) is 0 Å². The normalized spacial score (nSPS) is 18.7. The lowest BCUT2D eigenvalue weighted by atomic mass is 10.0. The summed E-state index contributed by atoms with van der Waals surface area (Å²) in [5.74, 6) is 0.0296. The van der Waals surface area contributed by atoms with Crippen molar-refractivity contribution in [3.8, 4) is 0 Å². The van der Waals surface area contributed by atoms with Crippen molar-refractivity contribution in [1.29, 1.82) is 0 Å². The van der Waals surface area contributed by atoms with E-state index >= 15 is 0 Å². The highest BCUT2D eigenvalue weighted by molar-refractivity contribution is 5.93. The molecule has 5 heteroatoms. The SMILES string of the molecule is CC(C)n1cccc1C(=O)N[C@@H]1CCCN(Cc2cccnc2)C1. The lowest BCUT2D eigenvalue weighted by molar-refractivity contribution is 0.0890. The summed E-state index contributed by atoms with van der Waals surface area (Å²) < 4.78 is 2.02. The third-order valence-electron chi connectivity index (χ3n) is 4.54. The number of hydrogen-bond donors (Lipinski definition) is 1. The van der Waals surface area contributed by atoms with Crippen molar-refractivity contribution in [3.63, 3.8) is 0 Å². The Kier molecular flexibility index (Phi) is 5.30. The molecule has 0 aliphatic carbocycles. The van der Waals surface area contributed by atoms with Crippen LogP contribution in [0.4, 0.5) is 0 Å². The number of pyridine rings is 1. The summed E-state index contributed by atoms with van der Waals surface area (Å²) in [6.07, 6.45) is 7.83. The number of rotatable bonds is 5. The molecule has 2 aromatic rings. The fourth-order valence-electron chi connectivity index (χ4n) is 3.36. The second-order valence-corrected chi connectivity index (χ2v) is 6.80. The van der Waals surface area contributed by atoms with Gasteiger partial charge in [0.2, 0.25) is 0 Å². The summed E-state index contributed by atoms with van der Waals surface area (Å²) in [5.41, 5.74) is 1.97. The van der Waals surface area contributed by atoms with E-state index in [-0.39, 0.29) is 18.0 Å². The number of likely N-dealkylation sites (tertiary alicyclic amines) is 1. The molecule has 1 aliphatic rings. The fourth-order valence-corrected chi connectivity index (χ4v) is 3.36. The lowest BCUT2D eigenvalue weighted by Gasteiger charge is -2.33. The van der Waals surface area contributed by atoms with E-state index in [1.807, 2.05) is 35.2 Å². The molecule has 0 aromatic carbocycles. The zero-order valence-electron chi connectivity index (χ0n) is 14.5. The van der Waals surface area contributed by atoms with E-state index in [0.717, 1.165) is 38.2 Å². The summed E-state index contributed by atoms with van der Waals surface area (Å²) in [5, 5.41) is 3.22. The van der Waals surface area contributed by atoms with Crippen molar-refractivity contribution in [2.24, 2.45) is 0 Å². The van der Waals surface area contributed by atoms with Gasteiger partial charge in [-0.2, -0.15) is 0 Å². The van der Waals surface area contributed by atoms with Crippen LogP contribution in [0.15, 0.2) is 42.9 Å². The largest absolute Gasteiger partial charge is 0.347 e. The van der Waals surface area contributed by atoms with Crippen molar-refractivity contribution in [3.05, 3.63) is 54.1 Å². The topological polar surface area (TPSA) is 50.2 Å². The molecule has 5 nitrogen and oxygen atoms in total. The van der Waals surface area contributed by atoms with Gasteiger partial charge in [0.25, 0.3) is 5.91 Å². The molecule has 1 saturated heterocycles. The third kappa shape index (κ3) is 4.03. The van der Waals surface area contributed by atoms with E-state index in [1.54, 1.807) is 6.20 Å². The Hall–Kier alpha value is -2.14. The number of amides is 1. The predicted molar refractivity (Wildman–Crippen MR) is 94.8 cm³/mol. The zero-order chi connectivity index (χ0) is 16.9. The number of carbonyl (C=O) groups excluding carboxylic acids is 1. The Morgan fingerprint density at radius 2 is 2.25 bits per heavy atom. The van der Waals surface area contributed by atoms with E-state index in [0.29, 0.717) is 0 Å². The molecule has 0 unspecified atom stereocenters. The molecule has 24 heavy (non-hydrogen) atoms. The molecule has 3 rings (SSSR count). The Morgan fingerprint density at radius 1 is 1.38 bits per heavy atom. The Morgan fingerprint density at radius 3 is 3.00 bits per heavy atom. The number of hydrogen-bond acceptors (Lipinski definition) is 3. The first-order valence-corrected chi connectivity index (χ1v) is 8.72. The van der Waals surface area contributed by atoms with Crippen molar-refractivity contribution in [2.75, 3.05) is 13.1 Å². The van der Waals surface area contributed by atoms with Crippen molar-refractivity contribution >= 4 is 5.91 Å². The zero-order valence-corrected chi connectivity index (χ0v) is 14.5. The van der Waals surface area contributed by atoms with Gasteiger partial charge in [0.15, 0.2) is 0 Å². The van der Waals surface area contributed by atoms with Gasteiger partial charge in [-0.25, -0.2) is 0 Å². The molecule has 1 amide bonds. The Balaban J connectivity index is 1.59. The van der Waals surface area contributed by atoms with E-state index in [9.17, 15) is 4.79 Å². The molecule has 0 radical (unpaired) electrons. The summed E-state index contributed by atoms with van der Waals surface area (Å²) in [7, 11) is 0. The smallest absolute Gasteiger partial charge is 0.268 e. The molecule has 1 fully saturated rings. The molecule has 0 spiro atoms. The average molecular weight is 326 g/mol. The lowest BCUT2D eigenvalue weighted by Crippen LogP contribution is -2.47. The first-order valence-electron chi connectivity index (χ1n) is 8.72. The number of nitrogens with zero attached hydrogens (tertiary/aromatic N) is 3. The molecular weight excluding hydrogens is 300 g/mol. The molecule has 128 valence electrons. The predicted octanol–water partition coefficient (Wildman–Crippen LogP) is 2.86. The molecule has 3 heterocycles. The van der Waals surface area contributed by atoms with Gasteiger partial charge in [0, 0.05) is 43.8 Å². The summed E-state index contributed by atoms with van der Waals surface area (Å²) in [6, 6.07) is 8.40. The maximum absolute atomic E-state index is 12.6. The van der Waals surface area contributed by atoms with Gasteiger partial charge in [-0.3, -0.25) is 14.7 Å². The van der Waals surface area contributed by atoms with Gasteiger partial charge in [0.1, 0.15) is 5.69 Å². The number of carbonyl (C=O) groups is 1. The van der Waals surface area contributed by atoms with Crippen molar-refractivity contribution in [1.82, 2.24) is 19.8 Å². The van der Waals surface area contributed by atoms with Crippen LogP contribution in [0.2, 0.25) is 0 Å². The Bertz CT molecular complexity index is 665. The van der Waals surface area contributed by atoms with Gasteiger partial charge in [-0.05, 0) is 57.0 Å². The van der Waals surface area contributed by atoms with Crippen LogP contribution < -0.4 is 5.32 Å². The fraction of sp³-hybridized carbons (Fsp3) is 0.474. The van der Waals surface area contributed by atoms with Crippen LogP contribution in [0, 0.1) is 0 Å². The van der Waals surface area contributed by atoms with E-state index < -0.39 is 0 Å². The highest BCUT2D eigenvalue weighted by Crippen LogP contribution is 2.15. The minimum Gasteiger partial charge on any atom is -0.347 e. The second kappa shape index (κ2) is 7.62. The van der Waals surface area contributed by atoms with Crippen LogP contribution in [0.1, 0.15) is 48.8 Å². The maximum atomic E-state index is 12.6. The van der Waals surface area contributed by atoms with Crippen LogP contribution in [-0.4, -0.2) is 39.5 Å². The van der Waals surface area contributed by atoms with Crippen LogP contribution in [0.3, 0.4) is 0 Å². The Labute approximate surface area is 143 Å². The van der Waals surface area contributed by atoms with Gasteiger partial charge in [-0.1, -0.05) is 6.07 Å². The number of aromatic nitrogens is 2. The van der Waals surface area contributed by atoms with Gasteiger partial charge in [0.05, 0.1) is 0 Å². The quantitative estimate of drug-likeness (QED) is 0.919. The van der Waals surface area contributed by atoms with Gasteiger partial charge < -0.3 is 9.88 Å². The standard InChI is InChI=1S/C19H26N4O/c1-15(2)23-11-5-8-18(23)19(24)21-17-7-4-10-22(14-17)13-16-6-3-9-20-12-16/h3,5-6,8-9,11-12,15,17H,4,7,10,13-14H2,1-2H3,(H,21,24)/t17-/m1/s1. The van der Waals surface area contributed by atoms with E-state index in [1.165, 1.54) is 5.56 Å². The number of piperidine rings is 1.